The van der Waals surface area contributed by atoms with Gasteiger partial charge in [0, 0.05) is 9.65 Å². The van der Waals surface area contributed by atoms with Crippen molar-refractivity contribution in [1.82, 2.24) is 0 Å². The summed E-state index contributed by atoms with van der Waals surface area (Å²) in [6, 6.07) is 4.27. The second kappa shape index (κ2) is 3.86. The molecule has 0 spiro atoms. The van der Waals surface area contributed by atoms with Crippen LogP contribution in [-0.4, -0.2) is 18.3 Å². The molecule has 0 radical (unpaired) electrons. The Morgan fingerprint density at radius 1 is 1.12 bits per heavy atom. The molecule has 4 heteroatoms. The highest BCUT2D eigenvalue weighted by Gasteiger charge is 2.52. The molecule has 2 heterocycles. The second-order valence-corrected chi connectivity index (χ2v) is 6.45. The van der Waals surface area contributed by atoms with Crippen LogP contribution in [0.1, 0.15) is 39.5 Å². The first-order valence-electron chi connectivity index (χ1n) is 5.80. The van der Waals surface area contributed by atoms with E-state index in [1.807, 2.05) is 0 Å². The number of hydrogen-bond donors (Lipinski definition) is 0. The Balaban J connectivity index is 2.20. The maximum absolute atomic E-state index is 6.00. The van der Waals surface area contributed by atoms with Gasteiger partial charge < -0.3 is 9.31 Å². The minimum atomic E-state index is -0.242. The van der Waals surface area contributed by atoms with E-state index >= 15 is 0 Å². The third-order valence-corrected chi connectivity index (χ3v) is 4.77. The lowest BCUT2D eigenvalue weighted by atomic mass is 9.88. The molecule has 0 atom stereocenters. The molecule has 1 aromatic heterocycles. The average molecular weight is 238 g/mol. The molecule has 0 amide bonds. The van der Waals surface area contributed by atoms with Gasteiger partial charge >= 0.3 is 7.12 Å². The molecule has 1 aromatic rings. The van der Waals surface area contributed by atoms with Crippen LogP contribution in [0.15, 0.2) is 12.1 Å². The molecule has 1 saturated heterocycles. The van der Waals surface area contributed by atoms with Crippen molar-refractivity contribution in [3.8, 4) is 0 Å². The highest BCUT2D eigenvalue weighted by atomic mass is 32.1. The zero-order chi connectivity index (χ0) is 12.0. The van der Waals surface area contributed by atoms with Gasteiger partial charge in [0.05, 0.1) is 11.2 Å². The predicted octanol–water partition coefficient (Wildman–Crippen LogP) is 2.61. The van der Waals surface area contributed by atoms with Gasteiger partial charge in [-0.1, -0.05) is 13.0 Å². The van der Waals surface area contributed by atoms with E-state index in [2.05, 4.69) is 46.8 Å². The normalized spacial score (nSPS) is 22.7. The Labute approximate surface area is 102 Å². The molecule has 0 aromatic carbocycles. The fourth-order valence-corrected chi connectivity index (χ4v) is 2.58. The number of aryl methyl sites for hydroxylation is 1. The monoisotopic (exact) mass is 238 g/mol. The lowest BCUT2D eigenvalue weighted by molar-refractivity contribution is 0.00578. The highest BCUT2D eigenvalue weighted by molar-refractivity contribution is 7.22. The summed E-state index contributed by atoms with van der Waals surface area (Å²) in [5.74, 6) is 0. The Kier molecular flexibility index (Phi) is 2.93. The summed E-state index contributed by atoms with van der Waals surface area (Å²) >= 11 is 1.78. The van der Waals surface area contributed by atoms with Gasteiger partial charge in [0.1, 0.15) is 0 Å². The second-order valence-electron chi connectivity index (χ2n) is 5.25. The van der Waals surface area contributed by atoms with Crippen LogP contribution in [0.3, 0.4) is 0 Å². The minimum absolute atomic E-state index is 0.199. The number of thiophene rings is 1. The van der Waals surface area contributed by atoms with Crippen LogP contribution in [0, 0.1) is 0 Å². The van der Waals surface area contributed by atoms with Gasteiger partial charge in [-0.05, 0) is 40.2 Å². The maximum Gasteiger partial charge on any atom is 0.505 e. The third-order valence-electron chi connectivity index (χ3n) is 3.52. The van der Waals surface area contributed by atoms with E-state index in [9.17, 15) is 0 Å². The van der Waals surface area contributed by atoms with Gasteiger partial charge in [0.25, 0.3) is 0 Å². The smallest absolute Gasteiger partial charge is 0.399 e. The molecule has 0 N–H and O–H groups in total. The zero-order valence-electron chi connectivity index (χ0n) is 10.7. The maximum atomic E-state index is 6.00. The van der Waals surface area contributed by atoms with E-state index in [0.29, 0.717) is 0 Å². The predicted molar refractivity (Wildman–Crippen MR) is 69.4 cm³/mol. The lowest BCUT2D eigenvalue weighted by Crippen LogP contribution is -2.41. The zero-order valence-corrected chi connectivity index (χ0v) is 11.5. The van der Waals surface area contributed by atoms with Crippen molar-refractivity contribution in [3.05, 3.63) is 17.0 Å². The molecule has 1 fully saturated rings. The standard InChI is InChI=1S/C12H19BO2S/c1-6-9-7-8-10(16-9)13-14-11(2,3)12(4,5)15-13/h7-8H,6H2,1-5H3. The molecule has 16 heavy (non-hydrogen) atoms. The topological polar surface area (TPSA) is 18.5 Å². The van der Waals surface area contributed by atoms with Crippen molar-refractivity contribution in [2.24, 2.45) is 0 Å². The summed E-state index contributed by atoms with van der Waals surface area (Å²) in [5.41, 5.74) is -0.484. The van der Waals surface area contributed by atoms with Crippen molar-refractivity contribution in [2.45, 2.75) is 52.2 Å². The van der Waals surface area contributed by atoms with E-state index in [0.717, 1.165) is 6.42 Å². The summed E-state index contributed by atoms with van der Waals surface area (Å²) in [6.45, 7) is 10.5. The molecule has 1 aliphatic rings. The van der Waals surface area contributed by atoms with E-state index in [4.69, 9.17) is 9.31 Å². The minimum Gasteiger partial charge on any atom is -0.399 e. The molecular formula is C12H19BO2S. The van der Waals surface area contributed by atoms with E-state index in [1.54, 1.807) is 11.3 Å². The van der Waals surface area contributed by atoms with E-state index in [-0.39, 0.29) is 18.3 Å². The van der Waals surface area contributed by atoms with Crippen LogP contribution in [0.5, 0.6) is 0 Å². The van der Waals surface area contributed by atoms with Crippen molar-refractivity contribution in [3.63, 3.8) is 0 Å². The van der Waals surface area contributed by atoms with Gasteiger partial charge in [-0.3, -0.25) is 0 Å². The van der Waals surface area contributed by atoms with Gasteiger partial charge in [-0.15, -0.1) is 11.3 Å². The first-order valence-corrected chi connectivity index (χ1v) is 6.61. The molecule has 2 nitrogen and oxygen atoms in total. The van der Waals surface area contributed by atoms with Gasteiger partial charge in [-0.25, -0.2) is 0 Å². The molecule has 2 rings (SSSR count). The Bertz CT molecular complexity index is 368. The molecule has 1 aliphatic heterocycles. The Hall–Kier alpha value is -0.315. The van der Waals surface area contributed by atoms with Crippen LogP contribution in [0.2, 0.25) is 0 Å². The molecular weight excluding hydrogens is 219 g/mol. The fourth-order valence-electron chi connectivity index (χ4n) is 1.67. The highest BCUT2D eigenvalue weighted by Crippen LogP contribution is 2.36. The van der Waals surface area contributed by atoms with E-state index < -0.39 is 0 Å². The summed E-state index contributed by atoms with van der Waals surface area (Å²) in [6.07, 6.45) is 1.07. The van der Waals surface area contributed by atoms with Gasteiger partial charge in [0.2, 0.25) is 0 Å². The average Bonchev–Trinajstić information content (AvgIpc) is 2.70. The largest absolute Gasteiger partial charge is 0.505 e. The Morgan fingerprint density at radius 2 is 1.69 bits per heavy atom. The van der Waals surface area contributed by atoms with Gasteiger partial charge in [-0.2, -0.15) is 0 Å². The number of rotatable bonds is 2. The van der Waals surface area contributed by atoms with Crippen LogP contribution in [-0.2, 0) is 15.7 Å². The van der Waals surface area contributed by atoms with Crippen molar-refractivity contribution in [1.29, 1.82) is 0 Å². The molecule has 88 valence electrons. The summed E-state index contributed by atoms with van der Waals surface area (Å²) in [4.78, 5) is 1.38. The molecule has 0 aliphatic carbocycles. The van der Waals surface area contributed by atoms with Crippen molar-refractivity contribution < 1.29 is 9.31 Å². The summed E-state index contributed by atoms with van der Waals surface area (Å²) in [7, 11) is -0.199. The fraction of sp³-hybridized carbons (Fsp3) is 0.667. The Morgan fingerprint density at radius 3 is 2.12 bits per heavy atom. The molecule has 0 unspecified atom stereocenters. The quantitative estimate of drug-likeness (QED) is 0.737. The third kappa shape index (κ3) is 1.94. The lowest BCUT2D eigenvalue weighted by Gasteiger charge is -2.32. The first kappa shape index (κ1) is 12.2. The summed E-state index contributed by atoms with van der Waals surface area (Å²) in [5, 5.41) is 0. The molecule has 0 bridgehead atoms. The summed E-state index contributed by atoms with van der Waals surface area (Å²) < 4.78 is 13.2. The van der Waals surface area contributed by atoms with Crippen LogP contribution >= 0.6 is 11.3 Å². The SMILES string of the molecule is CCc1ccc(B2OC(C)(C)C(C)(C)O2)s1. The number of hydrogen-bond acceptors (Lipinski definition) is 3. The first-order chi connectivity index (χ1) is 7.36. The van der Waals surface area contributed by atoms with E-state index in [1.165, 1.54) is 9.65 Å². The van der Waals surface area contributed by atoms with Crippen LogP contribution < -0.4 is 4.78 Å². The van der Waals surface area contributed by atoms with Gasteiger partial charge in [0.15, 0.2) is 0 Å². The molecule has 0 saturated carbocycles. The van der Waals surface area contributed by atoms with Crippen LogP contribution in [0.25, 0.3) is 0 Å². The van der Waals surface area contributed by atoms with Crippen molar-refractivity contribution in [2.75, 3.05) is 0 Å². The van der Waals surface area contributed by atoms with Crippen molar-refractivity contribution >= 4 is 23.2 Å². The van der Waals surface area contributed by atoms with Crippen LogP contribution in [0.4, 0.5) is 0 Å².